The van der Waals surface area contributed by atoms with Gasteiger partial charge in [0.2, 0.25) is 0 Å². The average molecular weight is 425 g/mol. The largest absolute Gasteiger partial charge is 0.399 e. The Morgan fingerprint density at radius 2 is 1.67 bits per heavy atom. The molecular formula is C23H25FN4OS. The number of nitrogens with two attached hydrogens (primary N) is 1. The van der Waals surface area contributed by atoms with E-state index in [9.17, 15) is 4.39 Å². The van der Waals surface area contributed by atoms with Crippen LogP contribution in [-0.2, 0) is 9.48 Å². The minimum absolute atomic E-state index is 0.237. The van der Waals surface area contributed by atoms with Crippen LogP contribution in [0.1, 0.15) is 19.5 Å². The van der Waals surface area contributed by atoms with Crippen LogP contribution in [0.15, 0.2) is 59.5 Å². The van der Waals surface area contributed by atoms with Gasteiger partial charge in [-0.25, -0.2) is 14.4 Å². The quantitative estimate of drug-likeness (QED) is 0.472. The van der Waals surface area contributed by atoms with Crippen molar-refractivity contribution in [1.29, 1.82) is 0 Å². The van der Waals surface area contributed by atoms with Crippen molar-refractivity contribution in [3.05, 3.63) is 66.1 Å². The van der Waals surface area contributed by atoms with Crippen LogP contribution in [0, 0.1) is 5.82 Å². The Morgan fingerprint density at radius 1 is 1.00 bits per heavy atom. The Labute approximate surface area is 180 Å². The van der Waals surface area contributed by atoms with Gasteiger partial charge in [0.15, 0.2) is 5.82 Å². The molecule has 5 nitrogen and oxygen atoms in total. The molecule has 1 aromatic heterocycles. The molecule has 4 rings (SSSR count). The zero-order valence-corrected chi connectivity index (χ0v) is 18.0. The number of hydrogen-bond acceptors (Lipinski definition) is 6. The predicted molar refractivity (Wildman–Crippen MR) is 120 cm³/mol. The number of thioether (sulfide) groups is 1. The lowest BCUT2D eigenvalue weighted by molar-refractivity contribution is 0.122. The molecule has 1 aliphatic rings. The van der Waals surface area contributed by atoms with Gasteiger partial charge in [-0.05, 0) is 62.4 Å². The summed E-state index contributed by atoms with van der Waals surface area (Å²) in [6, 6.07) is 16.2. The first-order chi connectivity index (χ1) is 14.4. The van der Waals surface area contributed by atoms with Gasteiger partial charge in [0, 0.05) is 35.3 Å². The normalized spacial score (nSPS) is 14.7. The Balaban J connectivity index is 1.73. The number of rotatable bonds is 5. The summed E-state index contributed by atoms with van der Waals surface area (Å²) in [6.45, 7) is 7.21. The maximum atomic E-state index is 13.3. The number of aromatic nitrogens is 2. The van der Waals surface area contributed by atoms with Gasteiger partial charge in [0.05, 0.1) is 23.7 Å². The van der Waals surface area contributed by atoms with Crippen molar-refractivity contribution in [2.45, 2.75) is 23.5 Å². The lowest BCUT2D eigenvalue weighted by atomic mass is 10.1. The highest BCUT2D eigenvalue weighted by molar-refractivity contribution is 8.00. The van der Waals surface area contributed by atoms with E-state index in [1.54, 1.807) is 23.9 Å². The molecule has 156 valence electrons. The Kier molecular flexibility index (Phi) is 5.92. The third-order valence-electron chi connectivity index (χ3n) is 5.02. The van der Waals surface area contributed by atoms with Gasteiger partial charge < -0.3 is 15.4 Å². The second-order valence-corrected chi connectivity index (χ2v) is 9.42. The average Bonchev–Trinajstić information content (AvgIpc) is 2.76. The van der Waals surface area contributed by atoms with Crippen LogP contribution in [0.4, 0.5) is 15.9 Å². The van der Waals surface area contributed by atoms with Gasteiger partial charge in [-0.2, -0.15) is 0 Å². The van der Waals surface area contributed by atoms with E-state index in [4.69, 9.17) is 20.4 Å². The van der Waals surface area contributed by atoms with Crippen LogP contribution in [0.25, 0.3) is 11.4 Å². The SMILES string of the molecule is CC(C)(Sc1ccc(F)cc1)c1cc(N2CCOCC2)nc(-c2ccc(N)cc2)n1. The lowest BCUT2D eigenvalue weighted by Gasteiger charge is -2.30. The molecular weight excluding hydrogens is 399 g/mol. The van der Waals surface area contributed by atoms with Crippen molar-refractivity contribution in [3.8, 4) is 11.4 Å². The first kappa shape index (κ1) is 20.6. The van der Waals surface area contributed by atoms with Crippen molar-refractivity contribution in [1.82, 2.24) is 9.97 Å². The first-order valence-corrected chi connectivity index (χ1v) is 10.8. The van der Waals surface area contributed by atoms with E-state index in [-0.39, 0.29) is 10.6 Å². The fourth-order valence-corrected chi connectivity index (χ4v) is 4.38. The molecule has 30 heavy (non-hydrogen) atoms. The number of halogens is 1. The molecule has 1 fully saturated rings. The maximum absolute atomic E-state index is 13.3. The molecule has 0 aliphatic carbocycles. The highest BCUT2D eigenvalue weighted by atomic mass is 32.2. The molecule has 3 aromatic rings. The Bertz CT molecular complexity index is 1000. The molecule has 7 heteroatoms. The summed E-state index contributed by atoms with van der Waals surface area (Å²) in [7, 11) is 0. The number of benzene rings is 2. The molecule has 2 aromatic carbocycles. The van der Waals surface area contributed by atoms with E-state index in [1.165, 1.54) is 12.1 Å². The summed E-state index contributed by atoms with van der Waals surface area (Å²) in [4.78, 5) is 13.0. The molecule has 0 spiro atoms. The number of hydrogen-bond donors (Lipinski definition) is 1. The standard InChI is InChI=1S/C23H25FN4OS/c1-23(2,30-19-9-5-17(24)6-10-19)20-15-21(28-11-13-29-14-12-28)27-22(26-20)16-3-7-18(25)8-4-16/h3-10,15H,11-14,25H2,1-2H3. The third kappa shape index (κ3) is 4.74. The van der Waals surface area contributed by atoms with Gasteiger partial charge in [0.1, 0.15) is 11.6 Å². The van der Waals surface area contributed by atoms with Crippen LogP contribution < -0.4 is 10.6 Å². The molecule has 0 radical (unpaired) electrons. The predicted octanol–water partition coefficient (Wildman–Crippen LogP) is 4.73. The molecule has 2 heterocycles. The van der Waals surface area contributed by atoms with Crippen LogP contribution in [0.3, 0.4) is 0 Å². The van der Waals surface area contributed by atoms with Crippen LogP contribution in [0.2, 0.25) is 0 Å². The molecule has 0 atom stereocenters. The van der Waals surface area contributed by atoms with Crippen LogP contribution >= 0.6 is 11.8 Å². The monoisotopic (exact) mass is 424 g/mol. The molecule has 0 bridgehead atoms. The van der Waals surface area contributed by atoms with Crippen molar-refractivity contribution < 1.29 is 9.13 Å². The van der Waals surface area contributed by atoms with Crippen molar-refractivity contribution in [2.24, 2.45) is 0 Å². The summed E-state index contributed by atoms with van der Waals surface area (Å²) >= 11 is 1.65. The van der Waals surface area contributed by atoms with Gasteiger partial charge in [0.25, 0.3) is 0 Å². The fourth-order valence-electron chi connectivity index (χ4n) is 3.31. The minimum atomic E-state index is -0.343. The van der Waals surface area contributed by atoms with Gasteiger partial charge in [-0.3, -0.25) is 0 Å². The number of anilines is 2. The fraction of sp³-hybridized carbons (Fsp3) is 0.304. The second-order valence-electron chi connectivity index (χ2n) is 7.72. The third-order valence-corrected chi connectivity index (χ3v) is 6.25. The maximum Gasteiger partial charge on any atom is 0.161 e. The number of ether oxygens (including phenoxy) is 1. The molecule has 2 N–H and O–H groups in total. The van der Waals surface area contributed by atoms with Crippen molar-refractivity contribution in [3.63, 3.8) is 0 Å². The summed E-state index contributed by atoms with van der Waals surface area (Å²) in [5.41, 5.74) is 8.39. The van der Waals surface area contributed by atoms with E-state index >= 15 is 0 Å². The Hall–Kier alpha value is -2.64. The van der Waals surface area contributed by atoms with Gasteiger partial charge >= 0.3 is 0 Å². The van der Waals surface area contributed by atoms with Crippen LogP contribution in [0.5, 0.6) is 0 Å². The van der Waals surface area contributed by atoms with Gasteiger partial charge in [-0.15, -0.1) is 11.8 Å². The summed E-state index contributed by atoms with van der Waals surface area (Å²) < 4.78 is 18.5. The van der Waals surface area contributed by atoms with E-state index in [0.29, 0.717) is 24.7 Å². The van der Waals surface area contributed by atoms with E-state index in [0.717, 1.165) is 35.1 Å². The Morgan fingerprint density at radius 3 is 2.33 bits per heavy atom. The lowest BCUT2D eigenvalue weighted by Crippen LogP contribution is -2.37. The zero-order valence-electron chi connectivity index (χ0n) is 17.1. The zero-order chi connectivity index (χ0) is 21.1. The minimum Gasteiger partial charge on any atom is -0.399 e. The number of nitrogen functional groups attached to an aromatic ring is 1. The molecule has 0 amide bonds. The molecule has 0 saturated carbocycles. The van der Waals surface area contributed by atoms with Crippen molar-refractivity contribution >= 4 is 23.3 Å². The van der Waals surface area contributed by atoms with Crippen molar-refractivity contribution in [2.75, 3.05) is 36.9 Å². The molecule has 1 aliphatic heterocycles. The summed E-state index contributed by atoms with van der Waals surface area (Å²) in [6.07, 6.45) is 0. The summed E-state index contributed by atoms with van der Waals surface area (Å²) in [5, 5.41) is 0. The first-order valence-electron chi connectivity index (χ1n) is 9.93. The molecule has 1 saturated heterocycles. The van der Waals surface area contributed by atoms with E-state index in [2.05, 4.69) is 24.8 Å². The highest BCUT2D eigenvalue weighted by Crippen LogP contribution is 2.41. The number of nitrogens with zero attached hydrogens (tertiary/aromatic N) is 3. The second kappa shape index (κ2) is 8.62. The smallest absolute Gasteiger partial charge is 0.161 e. The van der Waals surface area contributed by atoms with Crippen LogP contribution in [-0.4, -0.2) is 36.3 Å². The van der Waals surface area contributed by atoms with E-state index in [1.807, 2.05) is 24.3 Å². The summed E-state index contributed by atoms with van der Waals surface area (Å²) in [5.74, 6) is 1.32. The highest BCUT2D eigenvalue weighted by Gasteiger charge is 2.27. The topological polar surface area (TPSA) is 64.3 Å². The number of morpholine rings is 1. The van der Waals surface area contributed by atoms with E-state index < -0.39 is 0 Å². The molecule has 0 unspecified atom stereocenters. The van der Waals surface area contributed by atoms with Gasteiger partial charge in [-0.1, -0.05) is 0 Å².